The molecule has 0 atom stereocenters. The molecule has 0 spiro atoms. The second kappa shape index (κ2) is 7.74. The van der Waals surface area contributed by atoms with Crippen LogP contribution in [0.2, 0.25) is 0 Å². The number of hydrogen-bond donors (Lipinski definition) is 4. The summed E-state index contributed by atoms with van der Waals surface area (Å²) >= 11 is 0. The first kappa shape index (κ1) is 15.5. The maximum absolute atomic E-state index is 11.5. The van der Waals surface area contributed by atoms with E-state index in [0.717, 1.165) is 0 Å². The number of hydrogen-bond acceptors (Lipinski definition) is 5. The molecule has 0 bridgehead atoms. The molecule has 0 aliphatic rings. The summed E-state index contributed by atoms with van der Waals surface area (Å²) in [6.07, 6.45) is -0.230. The number of nitrogens with two attached hydrogens (primary N) is 2. The van der Waals surface area contributed by atoms with E-state index in [1.807, 2.05) is 0 Å². The van der Waals surface area contributed by atoms with Crippen LogP contribution in [0.5, 0.6) is 0 Å². The molecule has 0 aliphatic carbocycles. The van der Waals surface area contributed by atoms with Crippen molar-refractivity contribution in [3.8, 4) is 0 Å². The maximum atomic E-state index is 11.5. The summed E-state index contributed by atoms with van der Waals surface area (Å²) in [5.74, 6) is 6.96. The molecular weight excluding hydrogens is 246 g/mol. The Labute approximate surface area is 99.4 Å². The summed E-state index contributed by atoms with van der Waals surface area (Å²) in [5.41, 5.74) is 0. The minimum Gasteiger partial charge on any atom is -0.481 e. The van der Waals surface area contributed by atoms with Crippen molar-refractivity contribution in [3.05, 3.63) is 30.3 Å². The molecule has 0 aromatic heterocycles. The Kier molecular flexibility index (Phi) is 7.06. The van der Waals surface area contributed by atoms with E-state index >= 15 is 0 Å². The van der Waals surface area contributed by atoms with Gasteiger partial charge in [-0.2, -0.15) is 0 Å². The van der Waals surface area contributed by atoms with Crippen molar-refractivity contribution >= 4 is 16.0 Å². The number of carbonyl (C=O) groups is 1. The number of aliphatic carboxylic acids is 1. The third-order valence-electron chi connectivity index (χ3n) is 1.68. The van der Waals surface area contributed by atoms with Gasteiger partial charge in [0.25, 0.3) is 0 Å². The summed E-state index contributed by atoms with van der Waals surface area (Å²) in [4.78, 5) is 10.3. The lowest BCUT2D eigenvalue weighted by Crippen LogP contribution is -2.26. The molecule has 0 amide bonds. The lowest BCUT2D eigenvalue weighted by Gasteiger charge is -2.04. The first-order valence-electron chi connectivity index (χ1n) is 4.62. The van der Waals surface area contributed by atoms with Crippen LogP contribution in [-0.2, 0) is 14.8 Å². The number of carboxylic acid groups (broad SMARTS) is 1. The highest BCUT2D eigenvalue weighted by Gasteiger charge is 2.12. The quantitative estimate of drug-likeness (QED) is 0.407. The van der Waals surface area contributed by atoms with E-state index in [9.17, 15) is 13.2 Å². The fraction of sp³-hybridized carbons (Fsp3) is 0.222. The van der Waals surface area contributed by atoms with Gasteiger partial charge < -0.3 is 5.11 Å². The van der Waals surface area contributed by atoms with Crippen LogP contribution in [0, 0.1) is 0 Å². The number of rotatable bonds is 5. The Bertz CT molecular complexity index is 433. The molecule has 17 heavy (non-hydrogen) atoms. The van der Waals surface area contributed by atoms with Gasteiger partial charge in [-0.05, 0) is 12.1 Å². The van der Waals surface area contributed by atoms with Gasteiger partial charge in [0.1, 0.15) is 0 Å². The van der Waals surface area contributed by atoms with Gasteiger partial charge in [0.05, 0.1) is 11.3 Å². The highest BCUT2D eigenvalue weighted by molar-refractivity contribution is 7.89. The molecule has 96 valence electrons. The predicted molar refractivity (Wildman–Crippen MR) is 62.3 cm³/mol. The molecule has 0 unspecified atom stereocenters. The molecule has 1 aromatic carbocycles. The van der Waals surface area contributed by atoms with Crippen LogP contribution in [0.3, 0.4) is 0 Å². The molecule has 0 heterocycles. The number of benzene rings is 1. The SMILES string of the molecule is NN.O=C(O)CCNS(=O)(=O)c1ccccc1. The predicted octanol–water partition coefficient (Wildman–Crippen LogP) is -0.742. The molecule has 1 rings (SSSR count). The van der Waals surface area contributed by atoms with Crippen molar-refractivity contribution in [3.63, 3.8) is 0 Å². The molecule has 1 aromatic rings. The third kappa shape index (κ3) is 5.97. The van der Waals surface area contributed by atoms with Crippen molar-refractivity contribution in [2.24, 2.45) is 11.7 Å². The number of sulfonamides is 1. The molecule has 0 saturated heterocycles. The zero-order valence-corrected chi connectivity index (χ0v) is 9.85. The second-order valence-corrected chi connectivity index (χ2v) is 4.62. The Morgan fingerprint density at radius 2 is 1.76 bits per heavy atom. The Hall–Kier alpha value is -1.48. The maximum Gasteiger partial charge on any atom is 0.304 e. The molecule has 6 N–H and O–H groups in total. The minimum atomic E-state index is -3.57. The van der Waals surface area contributed by atoms with Gasteiger partial charge in [0.15, 0.2) is 0 Å². The lowest BCUT2D eigenvalue weighted by molar-refractivity contribution is -0.136. The number of hydrazine groups is 1. The third-order valence-corrected chi connectivity index (χ3v) is 3.16. The van der Waals surface area contributed by atoms with Gasteiger partial charge in [-0.1, -0.05) is 18.2 Å². The van der Waals surface area contributed by atoms with Gasteiger partial charge in [-0.3, -0.25) is 16.5 Å². The number of carboxylic acids is 1. The van der Waals surface area contributed by atoms with E-state index < -0.39 is 16.0 Å². The van der Waals surface area contributed by atoms with Crippen LogP contribution in [0.1, 0.15) is 6.42 Å². The average molecular weight is 261 g/mol. The summed E-state index contributed by atoms with van der Waals surface area (Å²) < 4.78 is 25.2. The zero-order valence-electron chi connectivity index (χ0n) is 9.04. The average Bonchev–Trinajstić information content (AvgIpc) is 2.32. The molecule has 0 saturated carbocycles. The number of nitrogens with one attached hydrogen (secondary N) is 1. The van der Waals surface area contributed by atoms with E-state index in [1.165, 1.54) is 12.1 Å². The summed E-state index contributed by atoms with van der Waals surface area (Å²) in [5, 5.41) is 8.35. The van der Waals surface area contributed by atoms with E-state index in [0.29, 0.717) is 0 Å². The first-order chi connectivity index (χ1) is 8.02. The van der Waals surface area contributed by atoms with Crippen LogP contribution < -0.4 is 16.4 Å². The topological polar surface area (TPSA) is 136 Å². The van der Waals surface area contributed by atoms with Gasteiger partial charge in [-0.15, -0.1) is 0 Å². The van der Waals surface area contributed by atoms with Crippen molar-refractivity contribution < 1.29 is 18.3 Å². The molecular formula is C9H15N3O4S. The Morgan fingerprint density at radius 3 is 2.24 bits per heavy atom. The monoisotopic (exact) mass is 261 g/mol. The molecule has 7 nitrogen and oxygen atoms in total. The van der Waals surface area contributed by atoms with Gasteiger partial charge in [-0.25, -0.2) is 13.1 Å². The Morgan fingerprint density at radius 1 is 1.24 bits per heavy atom. The van der Waals surface area contributed by atoms with Crippen LogP contribution in [0.4, 0.5) is 0 Å². The van der Waals surface area contributed by atoms with E-state index in [-0.39, 0.29) is 17.9 Å². The van der Waals surface area contributed by atoms with Gasteiger partial charge in [0.2, 0.25) is 10.0 Å². The largest absolute Gasteiger partial charge is 0.481 e. The lowest BCUT2D eigenvalue weighted by atomic mass is 10.4. The van der Waals surface area contributed by atoms with Crippen LogP contribution in [0.15, 0.2) is 35.2 Å². The zero-order chi connectivity index (χ0) is 13.3. The second-order valence-electron chi connectivity index (χ2n) is 2.85. The van der Waals surface area contributed by atoms with E-state index in [4.69, 9.17) is 5.11 Å². The smallest absolute Gasteiger partial charge is 0.304 e. The normalized spacial score (nSPS) is 10.2. The summed E-state index contributed by atoms with van der Waals surface area (Å²) in [6.45, 7) is -0.105. The van der Waals surface area contributed by atoms with Gasteiger partial charge in [0, 0.05) is 6.54 Å². The van der Waals surface area contributed by atoms with Crippen molar-refractivity contribution in [2.45, 2.75) is 11.3 Å². The van der Waals surface area contributed by atoms with Crippen molar-refractivity contribution in [1.82, 2.24) is 4.72 Å². The Balaban J connectivity index is 0.00000121. The minimum absolute atomic E-state index is 0.105. The van der Waals surface area contributed by atoms with Crippen LogP contribution in [-0.4, -0.2) is 26.0 Å². The summed E-state index contributed by atoms with van der Waals surface area (Å²) in [6, 6.07) is 7.81. The van der Waals surface area contributed by atoms with Gasteiger partial charge >= 0.3 is 5.97 Å². The van der Waals surface area contributed by atoms with Crippen molar-refractivity contribution in [1.29, 1.82) is 0 Å². The molecule has 8 heteroatoms. The molecule has 0 fully saturated rings. The van der Waals surface area contributed by atoms with Crippen molar-refractivity contribution in [2.75, 3.05) is 6.54 Å². The molecule has 0 radical (unpaired) electrons. The molecule has 0 aliphatic heterocycles. The van der Waals surface area contributed by atoms with E-state index in [2.05, 4.69) is 16.4 Å². The standard InChI is InChI=1S/C9H11NO4S.H4N2/c11-9(12)6-7-10-15(13,14)8-4-2-1-3-5-8;1-2/h1-5,10H,6-7H2,(H,11,12);1-2H2. The fourth-order valence-corrected chi connectivity index (χ4v) is 2.03. The first-order valence-corrected chi connectivity index (χ1v) is 6.10. The highest BCUT2D eigenvalue weighted by atomic mass is 32.2. The fourth-order valence-electron chi connectivity index (χ4n) is 0.975. The van der Waals surface area contributed by atoms with Crippen LogP contribution in [0.25, 0.3) is 0 Å². The van der Waals surface area contributed by atoms with Crippen LogP contribution >= 0.6 is 0 Å². The highest BCUT2D eigenvalue weighted by Crippen LogP contribution is 2.06. The van der Waals surface area contributed by atoms with E-state index in [1.54, 1.807) is 18.2 Å². The summed E-state index contributed by atoms with van der Waals surface area (Å²) in [7, 11) is -3.57.